The fraction of sp³-hybridized carbons (Fsp3) is 0.348. The number of benzene rings is 2. The van der Waals surface area contributed by atoms with Gasteiger partial charge in [-0.1, -0.05) is 22.3 Å². The first-order valence-electron chi connectivity index (χ1n) is 9.95. The third-order valence-corrected chi connectivity index (χ3v) is 5.35. The molecule has 4 rings (SSSR count). The minimum absolute atomic E-state index is 0.00448. The van der Waals surface area contributed by atoms with E-state index in [0.29, 0.717) is 35.3 Å². The Labute approximate surface area is 175 Å². The average Bonchev–Trinajstić information content (AvgIpc) is 3.41. The van der Waals surface area contributed by atoms with Gasteiger partial charge in [-0.3, -0.25) is 4.79 Å². The van der Waals surface area contributed by atoms with Gasteiger partial charge in [0.2, 0.25) is 11.7 Å². The number of amides is 1. The first kappa shape index (κ1) is 19.9. The molecule has 2 aromatic carbocycles. The third-order valence-electron chi connectivity index (χ3n) is 5.35. The minimum Gasteiger partial charge on any atom is -0.493 e. The quantitative estimate of drug-likeness (QED) is 0.626. The minimum atomic E-state index is -0.222. The fourth-order valence-electron chi connectivity index (χ4n) is 3.99. The molecule has 0 N–H and O–H groups in total. The highest BCUT2D eigenvalue weighted by atomic mass is 16.5. The van der Waals surface area contributed by atoms with E-state index >= 15 is 0 Å². The summed E-state index contributed by atoms with van der Waals surface area (Å²) in [6.07, 6.45) is 1.69. The van der Waals surface area contributed by atoms with Gasteiger partial charge in [-0.25, -0.2) is 0 Å². The van der Waals surface area contributed by atoms with Crippen LogP contribution < -0.4 is 9.47 Å². The molecular weight excluding hydrogens is 382 g/mol. The van der Waals surface area contributed by atoms with E-state index in [-0.39, 0.29) is 11.9 Å². The highest BCUT2D eigenvalue weighted by Crippen LogP contribution is 2.35. The van der Waals surface area contributed by atoms with Crippen LogP contribution in [-0.2, 0) is 0 Å². The zero-order chi connectivity index (χ0) is 21.3. The fourth-order valence-corrected chi connectivity index (χ4v) is 3.99. The normalized spacial score (nSPS) is 16.0. The van der Waals surface area contributed by atoms with Crippen LogP contribution in [0.25, 0.3) is 11.4 Å². The number of nitrogens with zero attached hydrogens (tertiary/aromatic N) is 3. The van der Waals surface area contributed by atoms with Gasteiger partial charge in [0.25, 0.3) is 5.91 Å². The van der Waals surface area contributed by atoms with Crippen molar-refractivity contribution in [3.63, 3.8) is 0 Å². The number of likely N-dealkylation sites (tertiary alicyclic amines) is 1. The van der Waals surface area contributed by atoms with Crippen LogP contribution in [0.3, 0.4) is 0 Å². The van der Waals surface area contributed by atoms with E-state index in [2.05, 4.69) is 16.2 Å². The van der Waals surface area contributed by atoms with E-state index in [1.807, 2.05) is 36.9 Å². The number of rotatable bonds is 5. The van der Waals surface area contributed by atoms with Crippen LogP contribution in [-0.4, -0.2) is 41.7 Å². The molecule has 1 aliphatic rings. The number of ether oxygens (including phenoxy) is 2. The summed E-state index contributed by atoms with van der Waals surface area (Å²) in [6.45, 7) is 4.67. The summed E-state index contributed by atoms with van der Waals surface area (Å²) in [4.78, 5) is 19.6. The number of methoxy groups -OCH3 is 2. The van der Waals surface area contributed by atoms with Crippen LogP contribution in [0.5, 0.6) is 11.5 Å². The molecule has 1 aliphatic heterocycles. The van der Waals surface area contributed by atoms with E-state index in [1.165, 1.54) is 0 Å². The van der Waals surface area contributed by atoms with Gasteiger partial charge in [-0.2, -0.15) is 4.98 Å². The highest BCUT2D eigenvalue weighted by Gasteiger charge is 2.34. The van der Waals surface area contributed by atoms with Gasteiger partial charge < -0.3 is 18.9 Å². The van der Waals surface area contributed by atoms with Crippen LogP contribution >= 0.6 is 0 Å². The standard InChI is InChI=1S/C23H25N3O4/c1-14-10-15(2)12-17(11-14)23(27)26-9-5-6-18(26)22-24-21(25-30-22)16-7-8-19(28-3)20(13-16)29-4/h7-8,10-13,18H,5-6,9H2,1-4H3/t18-/m1/s1. The Morgan fingerprint density at radius 3 is 2.50 bits per heavy atom. The number of hydrogen-bond donors (Lipinski definition) is 0. The summed E-state index contributed by atoms with van der Waals surface area (Å²) in [5, 5.41) is 4.14. The zero-order valence-electron chi connectivity index (χ0n) is 17.6. The lowest BCUT2D eigenvalue weighted by Crippen LogP contribution is -2.30. The molecule has 1 amide bonds. The summed E-state index contributed by atoms with van der Waals surface area (Å²) in [5.74, 6) is 2.13. The maximum atomic E-state index is 13.2. The lowest BCUT2D eigenvalue weighted by Gasteiger charge is -2.22. The van der Waals surface area contributed by atoms with Crippen molar-refractivity contribution in [2.45, 2.75) is 32.7 Å². The van der Waals surface area contributed by atoms with E-state index < -0.39 is 0 Å². The van der Waals surface area contributed by atoms with Crippen LogP contribution in [0, 0.1) is 13.8 Å². The van der Waals surface area contributed by atoms with Gasteiger partial charge in [0.1, 0.15) is 6.04 Å². The highest BCUT2D eigenvalue weighted by molar-refractivity contribution is 5.95. The molecule has 30 heavy (non-hydrogen) atoms. The Kier molecular flexibility index (Phi) is 5.44. The number of hydrogen-bond acceptors (Lipinski definition) is 6. The second-order valence-corrected chi connectivity index (χ2v) is 7.56. The van der Waals surface area contributed by atoms with E-state index in [0.717, 1.165) is 29.5 Å². The number of aryl methyl sites for hydroxylation is 2. The van der Waals surface area contributed by atoms with Crippen molar-refractivity contribution in [1.82, 2.24) is 15.0 Å². The maximum Gasteiger partial charge on any atom is 0.254 e. The molecule has 1 saturated heterocycles. The topological polar surface area (TPSA) is 77.7 Å². The van der Waals surface area contributed by atoms with Crippen LogP contribution in [0.15, 0.2) is 40.9 Å². The maximum absolute atomic E-state index is 13.2. The van der Waals surface area contributed by atoms with Crippen molar-refractivity contribution in [2.75, 3.05) is 20.8 Å². The Balaban J connectivity index is 1.60. The Morgan fingerprint density at radius 1 is 1.07 bits per heavy atom. The summed E-state index contributed by atoms with van der Waals surface area (Å²) < 4.78 is 16.2. The monoisotopic (exact) mass is 407 g/mol. The molecule has 0 unspecified atom stereocenters. The van der Waals surface area contributed by atoms with E-state index in [1.54, 1.807) is 26.4 Å². The van der Waals surface area contributed by atoms with Gasteiger partial charge in [0.05, 0.1) is 14.2 Å². The third kappa shape index (κ3) is 3.75. The van der Waals surface area contributed by atoms with Crippen molar-refractivity contribution in [3.8, 4) is 22.9 Å². The summed E-state index contributed by atoms with van der Waals surface area (Å²) in [5.41, 5.74) is 3.59. The van der Waals surface area contributed by atoms with Crippen molar-refractivity contribution < 1.29 is 18.8 Å². The van der Waals surface area contributed by atoms with Crippen LogP contribution in [0.2, 0.25) is 0 Å². The largest absolute Gasteiger partial charge is 0.493 e. The van der Waals surface area contributed by atoms with Gasteiger partial charge in [0.15, 0.2) is 11.5 Å². The zero-order valence-corrected chi connectivity index (χ0v) is 17.6. The number of carbonyl (C=O) groups is 1. The predicted octanol–water partition coefficient (Wildman–Crippen LogP) is 4.35. The van der Waals surface area contributed by atoms with Crippen molar-refractivity contribution in [2.24, 2.45) is 0 Å². The summed E-state index contributed by atoms with van der Waals surface area (Å²) >= 11 is 0. The molecule has 7 nitrogen and oxygen atoms in total. The SMILES string of the molecule is COc1ccc(-c2noc([C@H]3CCCN3C(=O)c3cc(C)cc(C)c3)n2)cc1OC. The molecule has 0 aliphatic carbocycles. The molecule has 0 spiro atoms. The van der Waals surface area contributed by atoms with Gasteiger partial charge >= 0.3 is 0 Å². The number of aromatic nitrogens is 2. The second-order valence-electron chi connectivity index (χ2n) is 7.56. The van der Waals surface area contributed by atoms with Crippen LogP contribution in [0.1, 0.15) is 46.3 Å². The predicted molar refractivity (Wildman–Crippen MR) is 112 cm³/mol. The summed E-state index contributed by atoms with van der Waals surface area (Å²) in [7, 11) is 3.17. The second kappa shape index (κ2) is 8.18. The first-order valence-corrected chi connectivity index (χ1v) is 9.95. The van der Waals surface area contributed by atoms with Crippen molar-refractivity contribution >= 4 is 5.91 Å². The smallest absolute Gasteiger partial charge is 0.254 e. The van der Waals surface area contributed by atoms with E-state index in [4.69, 9.17) is 14.0 Å². The van der Waals surface area contributed by atoms with Gasteiger partial charge in [0, 0.05) is 17.7 Å². The molecule has 2 heterocycles. The Hall–Kier alpha value is -3.35. The molecule has 1 fully saturated rings. The van der Waals surface area contributed by atoms with E-state index in [9.17, 15) is 4.79 Å². The Morgan fingerprint density at radius 2 is 1.80 bits per heavy atom. The molecule has 7 heteroatoms. The van der Waals surface area contributed by atoms with Crippen LogP contribution in [0.4, 0.5) is 0 Å². The first-order chi connectivity index (χ1) is 14.5. The molecule has 156 valence electrons. The van der Waals surface area contributed by atoms with Crippen molar-refractivity contribution in [1.29, 1.82) is 0 Å². The average molecular weight is 407 g/mol. The molecule has 1 aromatic heterocycles. The molecule has 0 bridgehead atoms. The molecule has 1 atom stereocenters. The molecule has 0 radical (unpaired) electrons. The molecular formula is C23H25N3O4. The lowest BCUT2D eigenvalue weighted by molar-refractivity contribution is 0.0710. The van der Waals surface area contributed by atoms with Gasteiger partial charge in [-0.05, 0) is 57.0 Å². The molecule has 0 saturated carbocycles. The summed E-state index contributed by atoms with van der Waals surface area (Å²) in [6, 6.07) is 11.1. The molecule has 3 aromatic rings. The lowest BCUT2D eigenvalue weighted by atomic mass is 10.1. The Bertz CT molecular complexity index is 1060. The van der Waals surface area contributed by atoms with Gasteiger partial charge in [-0.15, -0.1) is 0 Å². The number of carbonyl (C=O) groups excluding carboxylic acids is 1. The van der Waals surface area contributed by atoms with Crippen molar-refractivity contribution in [3.05, 3.63) is 59.0 Å².